The highest BCUT2D eigenvalue weighted by molar-refractivity contribution is 5.13. The maximum atomic E-state index is 5.98. The molecule has 1 heterocycles. The van der Waals surface area contributed by atoms with E-state index in [1.807, 2.05) is 24.3 Å². The number of hydrogen-bond donors (Lipinski definition) is 0. The molecule has 1 saturated carbocycles. The first-order valence-corrected chi connectivity index (χ1v) is 8.58. The standard InChI is InChI=1S/C19H27NO3/c1-2-12-22-18-9-8-17-19(18)23-14-11-20(17)10-13-21-15-16-6-4-3-5-7-16/h2-7,17-19H,1,8-15H2/t17-,18-,19-/m0/s1. The third-order valence-corrected chi connectivity index (χ3v) is 4.71. The monoisotopic (exact) mass is 317 g/mol. The SMILES string of the molecule is C=CCO[C@H]1CC[C@H]2[C@@H]1OCCN2CCOCc1ccccc1. The minimum Gasteiger partial charge on any atom is -0.375 e. The summed E-state index contributed by atoms with van der Waals surface area (Å²) in [6.07, 6.45) is 4.45. The summed E-state index contributed by atoms with van der Waals surface area (Å²) in [6.45, 7) is 8.52. The van der Waals surface area contributed by atoms with Crippen molar-refractivity contribution in [3.05, 3.63) is 48.6 Å². The van der Waals surface area contributed by atoms with Gasteiger partial charge in [0.1, 0.15) is 0 Å². The van der Waals surface area contributed by atoms with Crippen molar-refractivity contribution in [3.8, 4) is 0 Å². The van der Waals surface area contributed by atoms with Gasteiger partial charge in [-0.25, -0.2) is 0 Å². The largest absolute Gasteiger partial charge is 0.375 e. The summed E-state index contributed by atoms with van der Waals surface area (Å²) >= 11 is 0. The summed E-state index contributed by atoms with van der Waals surface area (Å²) in [6, 6.07) is 10.8. The molecule has 1 aromatic carbocycles. The third kappa shape index (κ3) is 4.42. The average molecular weight is 317 g/mol. The number of nitrogens with zero attached hydrogens (tertiary/aromatic N) is 1. The van der Waals surface area contributed by atoms with E-state index >= 15 is 0 Å². The van der Waals surface area contributed by atoms with E-state index in [1.165, 1.54) is 5.56 Å². The first kappa shape index (κ1) is 16.7. The maximum absolute atomic E-state index is 5.98. The summed E-state index contributed by atoms with van der Waals surface area (Å²) in [4.78, 5) is 2.51. The Hall–Kier alpha value is -1.20. The molecule has 2 fully saturated rings. The Kier molecular flexibility index (Phi) is 6.22. The number of fused-ring (bicyclic) bond motifs is 1. The Morgan fingerprint density at radius 2 is 2.13 bits per heavy atom. The summed E-state index contributed by atoms with van der Waals surface area (Å²) in [5.74, 6) is 0. The smallest absolute Gasteiger partial charge is 0.0992 e. The third-order valence-electron chi connectivity index (χ3n) is 4.71. The van der Waals surface area contributed by atoms with Crippen molar-refractivity contribution in [2.24, 2.45) is 0 Å². The van der Waals surface area contributed by atoms with Crippen molar-refractivity contribution in [2.75, 3.05) is 32.9 Å². The van der Waals surface area contributed by atoms with Crippen LogP contribution in [0.3, 0.4) is 0 Å². The van der Waals surface area contributed by atoms with Gasteiger partial charge in [0, 0.05) is 19.1 Å². The topological polar surface area (TPSA) is 30.9 Å². The molecule has 2 aliphatic rings. The molecule has 1 aromatic rings. The highest BCUT2D eigenvalue weighted by Gasteiger charge is 2.42. The second kappa shape index (κ2) is 8.60. The van der Waals surface area contributed by atoms with Gasteiger partial charge < -0.3 is 14.2 Å². The van der Waals surface area contributed by atoms with E-state index in [4.69, 9.17) is 14.2 Å². The van der Waals surface area contributed by atoms with Crippen LogP contribution in [0.4, 0.5) is 0 Å². The van der Waals surface area contributed by atoms with Crippen LogP contribution in [0.25, 0.3) is 0 Å². The number of benzene rings is 1. The molecule has 0 unspecified atom stereocenters. The summed E-state index contributed by atoms with van der Waals surface area (Å²) in [7, 11) is 0. The molecule has 0 spiro atoms. The van der Waals surface area contributed by atoms with Gasteiger partial charge in [0.2, 0.25) is 0 Å². The lowest BCUT2D eigenvalue weighted by molar-refractivity contribution is -0.112. The van der Waals surface area contributed by atoms with Gasteiger partial charge in [-0.3, -0.25) is 4.90 Å². The number of morpholine rings is 1. The van der Waals surface area contributed by atoms with Crippen LogP contribution in [0.15, 0.2) is 43.0 Å². The van der Waals surface area contributed by atoms with Crippen LogP contribution < -0.4 is 0 Å². The zero-order chi connectivity index (χ0) is 15.9. The minimum absolute atomic E-state index is 0.206. The maximum Gasteiger partial charge on any atom is 0.0992 e. The lowest BCUT2D eigenvalue weighted by Gasteiger charge is -2.38. The molecule has 0 aromatic heterocycles. The number of hydrogen-bond acceptors (Lipinski definition) is 4. The van der Waals surface area contributed by atoms with Gasteiger partial charge in [0.25, 0.3) is 0 Å². The molecule has 1 saturated heterocycles. The second-order valence-corrected chi connectivity index (χ2v) is 6.21. The number of rotatable bonds is 8. The van der Waals surface area contributed by atoms with E-state index in [2.05, 4.69) is 23.6 Å². The van der Waals surface area contributed by atoms with Crippen LogP contribution in [-0.4, -0.2) is 56.1 Å². The fraction of sp³-hybridized carbons (Fsp3) is 0.579. The molecule has 0 amide bonds. The normalized spacial score (nSPS) is 27.7. The lowest BCUT2D eigenvalue weighted by Crippen LogP contribution is -2.52. The van der Waals surface area contributed by atoms with Gasteiger partial charge in [-0.05, 0) is 18.4 Å². The quantitative estimate of drug-likeness (QED) is 0.545. The average Bonchev–Trinajstić information content (AvgIpc) is 3.02. The van der Waals surface area contributed by atoms with Crippen LogP contribution in [0.2, 0.25) is 0 Å². The molecule has 3 rings (SSSR count). The van der Waals surface area contributed by atoms with Gasteiger partial charge in [0.05, 0.1) is 38.6 Å². The Morgan fingerprint density at radius 1 is 1.26 bits per heavy atom. The molecule has 4 heteroatoms. The van der Waals surface area contributed by atoms with Crippen molar-refractivity contribution in [2.45, 2.75) is 37.7 Å². The van der Waals surface area contributed by atoms with Crippen LogP contribution in [0.1, 0.15) is 18.4 Å². The molecule has 3 atom stereocenters. The van der Waals surface area contributed by atoms with Gasteiger partial charge in [-0.15, -0.1) is 6.58 Å². The molecular weight excluding hydrogens is 290 g/mol. The molecule has 0 radical (unpaired) electrons. The zero-order valence-corrected chi connectivity index (χ0v) is 13.7. The van der Waals surface area contributed by atoms with Crippen molar-refractivity contribution < 1.29 is 14.2 Å². The van der Waals surface area contributed by atoms with E-state index in [1.54, 1.807) is 0 Å². The van der Waals surface area contributed by atoms with Crippen LogP contribution in [0.5, 0.6) is 0 Å². The molecule has 126 valence electrons. The predicted octanol–water partition coefficient (Wildman–Crippen LogP) is 2.64. The van der Waals surface area contributed by atoms with Crippen molar-refractivity contribution in [3.63, 3.8) is 0 Å². The lowest BCUT2D eigenvalue weighted by atomic mass is 10.1. The molecule has 1 aliphatic carbocycles. The first-order valence-electron chi connectivity index (χ1n) is 8.58. The minimum atomic E-state index is 0.206. The Labute approximate surface area is 139 Å². The van der Waals surface area contributed by atoms with Gasteiger partial charge in [-0.1, -0.05) is 36.4 Å². The molecule has 1 aliphatic heterocycles. The van der Waals surface area contributed by atoms with E-state index in [-0.39, 0.29) is 12.2 Å². The summed E-state index contributed by atoms with van der Waals surface area (Å²) in [5.41, 5.74) is 1.23. The summed E-state index contributed by atoms with van der Waals surface area (Å²) in [5, 5.41) is 0. The zero-order valence-electron chi connectivity index (χ0n) is 13.7. The molecule has 0 bridgehead atoms. The van der Waals surface area contributed by atoms with Gasteiger partial charge in [-0.2, -0.15) is 0 Å². The Bertz CT molecular complexity index is 479. The van der Waals surface area contributed by atoms with Gasteiger partial charge in [0.15, 0.2) is 0 Å². The van der Waals surface area contributed by atoms with E-state index < -0.39 is 0 Å². The van der Waals surface area contributed by atoms with E-state index in [0.29, 0.717) is 19.3 Å². The van der Waals surface area contributed by atoms with Crippen molar-refractivity contribution in [1.82, 2.24) is 4.90 Å². The molecule has 0 N–H and O–H groups in total. The van der Waals surface area contributed by atoms with E-state index in [9.17, 15) is 0 Å². The van der Waals surface area contributed by atoms with Crippen LogP contribution in [0, 0.1) is 0 Å². The molecular formula is C19H27NO3. The van der Waals surface area contributed by atoms with Crippen LogP contribution >= 0.6 is 0 Å². The second-order valence-electron chi connectivity index (χ2n) is 6.21. The predicted molar refractivity (Wildman–Crippen MR) is 90.4 cm³/mol. The Morgan fingerprint density at radius 3 is 2.96 bits per heavy atom. The fourth-order valence-electron chi connectivity index (χ4n) is 3.59. The highest BCUT2D eigenvalue weighted by atomic mass is 16.5. The first-order chi connectivity index (χ1) is 11.4. The van der Waals surface area contributed by atoms with E-state index in [0.717, 1.165) is 39.1 Å². The fourth-order valence-corrected chi connectivity index (χ4v) is 3.59. The van der Waals surface area contributed by atoms with Gasteiger partial charge >= 0.3 is 0 Å². The summed E-state index contributed by atoms with van der Waals surface area (Å²) < 4.78 is 17.7. The van der Waals surface area contributed by atoms with Crippen LogP contribution in [-0.2, 0) is 20.8 Å². The Balaban J connectivity index is 1.42. The number of ether oxygens (including phenoxy) is 3. The van der Waals surface area contributed by atoms with Crippen molar-refractivity contribution in [1.29, 1.82) is 0 Å². The highest BCUT2D eigenvalue weighted by Crippen LogP contribution is 2.31. The van der Waals surface area contributed by atoms with Crippen molar-refractivity contribution >= 4 is 0 Å². The molecule has 4 nitrogen and oxygen atoms in total. The molecule has 23 heavy (non-hydrogen) atoms.